The summed E-state index contributed by atoms with van der Waals surface area (Å²) >= 11 is 0. The van der Waals surface area contributed by atoms with E-state index in [1.165, 1.54) is 0 Å². The number of hydrazine groups is 2. The third-order valence-corrected chi connectivity index (χ3v) is 3.62. The van der Waals surface area contributed by atoms with Crippen molar-refractivity contribution in [1.82, 2.24) is 21.5 Å². The van der Waals surface area contributed by atoms with Crippen LogP contribution in [0, 0.1) is 63.2 Å². The number of nitrogens with two attached hydrogens (primary N) is 2. The fourth-order valence-corrected chi connectivity index (χ4v) is 1.99. The van der Waals surface area contributed by atoms with E-state index in [2.05, 4.69) is 10.6 Å². The molecule has 2 fully saturated rings. The standard InChI is InChI=1S/2C9H12N3O2.Fe/c2*1-6(8(13)12-10)11-9(14)7-4-2-3-5-7;/h2*2-6H,10H2,1H3,(H,11,14)(H,12,13);/q;;+2/t2*6-;/m00./s1. The van der Waals surface area contributed by atoms with Crippen LogP contribution in [0.3, 0.4) is 0 Å². The molecule has 0 aromatic carbocycles. The topological polar surface area (TPSA) is 168 Å². The third kappa shape index (κ3) is 9.58. The van der Waals surface area contributed by atoms with Crippen molar-refractivity contribution in [2.24, 2.45) is 11.7 Å². The van der Waals surface area contributed by atoms with Crippen LogP contribution in [-0.4, -0.2) is 35.7 Å². The Morgan fingerprint density at radius 2 is 0.966 bits per heavy atom. The first-order valence-electron chi connectivity index (χ1n) is 8.36. The van der Waals surface area contributed by atoms with E-state index < -0.39 is 23.9 Å². The van der Waals surface area contributed by atoms with Crippen molar-refractivity contribution in [2.45, 2.75) is 25.9 Å². The summed E-state index contributed by atoms with van der Waals surface area (Å²) in [6.45, 7) is 3.12. The summed E-state index contributed by atoms with van der Waals surface area (Å²) in [6, 6.07) is -1.27. The number of hydrogen-bond acceptors (Lipinski definition) is 6. The molecule has 156 valence electrons. The van der Waals surface area contributed by atoms with Crippen LogP contribution in [0.5, 0.6) is 0 Å². The van der Waals surface area contributed by atoms with Crippen molar-refractivity contribution < 1.29 is 36.2 Å². The van der Waals surface area contributed by atoms with E-state index in [-0.39, 0.29) is 28.9 Å². The fraction of sp³-hybridized carbons (Fsp3) is 0.222. The number of carbonyl (C=O) groups excluding carboxylic acids is 4. The molecule has 0 spiro atoms. The van der Waals surface area contributed by atoms with Gasteiger partial charge in [-0.2, -0.15) is 0 Å². The van der Waals surface area contributed by atoms with Crippen molar-refractivity contribution in [1.29, 1.82) is 0 Å². The zero-order valence-corrected chi connectivity index (χ0v) is 17.0. The zero-order valence-electron chi connectivity index (χ0n) is 15.9. The van der Waals surface area contributed by atoms with Crippen LogP contribution in [0.4, 0.5) is 0 Å². The van der Waals surface area contributed by atoms with E-state index >= 15 is 0 Å². The maximum atomic E-state index is 11.4. The van der Waals surface area contributed by atoms with Crippen molar-refractivity contribution in [3.05, 3.63) is 63.2 Å². The van der Waals surface area contributed by atoms with Gasteiger partial charge < -0.3 is 10.6 Å². The van der Waals surface area contributed by atoms with Crippen molar-refractivity contribution in [2.75, 3.05) is 0 Å². The van der Waals surface area contributed by atoms with Gasteiger partial charge in [-0.05, 0) is 65.2 Å². The SMILES string of the molecule is C[C@H](NC(=O)[C]1[CH][CH][CH][CH]1)C(=O)NN.C[C@H](NC(=O)[C]1[CH][CH][CH][CH]1)C(=O)NN.[Fe+2]. The van der Waals surface area contributed by atoms with E-state index in [4.69, 9.17) is 11.7 Å². The second-order valence-electron chi connectivity index (χ2n) is 5.75. The third-order valence-electron chi connectivity index (χ3n) is 3.62. The quantitative estimate of drug-likeness (QED) is 0.117. The Bertz CT molecular complexity index is 502. The van der Waals surface area contributed by atoms with Crippen molar-refractivity contribution in [3.8, 4) is 0 Å². The first-order valence-corrected chi connectivity index (χ1v) is 8.36. The molecule has 0 saturated heterocycles. The Morgan fingerprint density at radius 1 is 0.690 bits per heavy atom. The van der Waals surface area contributed by atoms with Gasteiger partial charge in [-0.15, -0.1) is 0 Å². The molecule has 0 aliphatic heterocycles. The van der Waals surface area contributed by atoms with E-state index in [1.807, 2.05) is 10.9 Å². The molecule has 0 aromatic heterocycles. The Balaban J connectivity index is 0.000000523. The summed E-state index contributed by atoms with van der Waals surface area (Å²) in [6.07, 6.45) is 13.7. The number of carbonyl (C=O) groups is 4. The predicted octanol–water partition coefficient (Wildman–Crippen LogP) is -2.23. The van der Waals surface area contributed by atoms with Gasteiger partial charge in [0.2, 0.25) is 11.8 Å². The molecule has 2 aliphatic rings. The molecule has 0 unspecified atom stereocenters. The molecule has 2 saturated carbocycles. The Labute approximate surface area is 182 Å². The van der Waals surface area contributed by atoms with Gasteiger partial charge in [0.05, 0.1) is 11.8 Å². The first-order chi connectivity index (χ1) is 13.3. The van der Waals surface area contributed by atoms with E-state index in [1.54, 1.807) is 65.2 Å². The first kappa shape index (κ1) is 27.3. The summed E-state index contributed by atoms with van der Waals surface area (Å²) in [7, 11) is 0. The smallest absolute Gasteiger partial charge is 0.344 e. The van der Waals surface area contributed by atoms with Crippen molar-refractivity contribution >= 4 is 23.6 Å². The van der Waals surface area contributed by atoms with Crippen LogP contribution in [-0.2, 0) is 36.2 Å². The minimum Gasteiger partial charge on any atom is -0.344 e. The minimum absolute atomic E-state index is 0. The average Bonchev–Trinajstić information content (AvgIpc) is 3.40. The van der Waals surface area contributed by atoms with Gasteiger partial charge in [0, 0.05) is 0 Å². The summed E-state index contributed by atoms with van der Waals surface area (Å²) in [5, 5.41) is 5.00. The maximum absolute atomic E-state index is 11.4. The van der Waals surface area contributed by atoms with Crippen LogP contribution < -0.4 is 33.2 Å². The molecular formula is C18H24FeN6O4+2. The van der Waals surface area contributed by atoms with Crippen LogP contribution in [0.2, 0.25) is 0 Å². The number of nitrogens with one attached hydrogen (secondary N) is 4. The van der Waals surface area contributed by atoms with Crippen LogP contribution >= 0.6 is 0 Å². The number of amides is 4. The van der Waals surface area contributed by atoms with E-state index in [9.17, 15) is 19.2 Å². The summed E-state index contributed by atoms with van der Waals surface area (Å²) in [5.41, 5.74) is 3.92. The van der Waals surface area contributed by atoms with Crippen LogP contribution in [0.25, 0.3) is 0 Å². The van der Waals surface area contributed by atoms with E-state index in [0.29, 0.717) is 11.8 Å². The molecule has 10 radical (unpaired) electrons. The van der Waals surface area contributed by atoms with Crippen molar-refractivity contribution in [3.63, 3.8) is 0 Å². The molecule has 2 aliphatic carbocycles. The van der Waals surface area contributed by atoms with Gasteiger partial charge >= 0.3 is 17.1 Å². The van der Waals surface area contributed by atoms with Gasteiger partial charge in [0.25, 0.3) is 11.8 Å². The summed E-state index contributed by atoms with van der Waals surface area (Å²) in [4.78, 5) is 44.7. The predicted molar refractivity (Wildman–Crippen MR) is 101 cm³/mol. The molecular weight excluding hydrogens is 420 g/mol. The van der Waals surface area contributed by atoms with Crippen LogP contribution in [0.1, 0.15) is 13.8 Å². The summed E-state index contributed by atoms with van der Waals surface area (Å²) < 4.78 is 0. The maximum Gasteiger partial charge on any atom is 2.00 e. The Morgan fingerprint density at radius 3 is 1.21 bits per heavy atom. The minimum atomic E-state index is -0.637. The van der Waals surface area contributed by atoms with Gasteiger partial charge in [0.15, 0.2) is 0 Å². The van der Waals surface area contributed by atoms with Gasteiger partial charge in [-0.25, -0.2) is 11.7 Å². The molecule has 29 heavy (non-hydrogen) atoms. The van der Waals surface area contributed by atoms with E-state index in [0.717, 1.165) is 0 Å². The fourth-order valence-electron chi connectivity index (χ4n) is 1.99. The second kappa shape index (κ2) is 14.3. The molecule has 2 rings (SSSR count). The summed E-state index contributed by atoms with van der Waals surface area (Å²) in [5.74, 6) is 9.47. The zero-order chi connectivity index (χ0) is 21.1. The second-order valence-corrected chi connectivity index (χ2v) is 5.75. The number of rotatable bonds is 6. The Kier molecular flexibility index (Phi) is 13.5. The average molecular weight is 444 g/mol. The van der Waals surface area contributed by atoms with Gasteiger partial charge in [-0.3, -0.25) is 30.0 Å². The molecule has 0 aromatic rings. The molecule has 11 heteroatoms. The van der Waals surface area contributed by atoms with Gasteiger partial charge in [-0.1, -0.05) is 0 Å². The molecule has 2 atom stereocenters. The monoisotopic (exact) mass is 444 g/mol. The molecule has 10 nitrogen and oxygen atoms in total. The number of hydrogen-bond donors (Lipinski definition) is 6. The van der Waals surface area contributed by atoms with Crippen LogP contribution in [0.15, 0.2) is 0 Å². The molecule has 0 bridgehead atoms. The molecule has 4 amide bonds. The normalized spacial score (nSPS) is 18.3. The molecule has 0 heterocycles. The Hall–Kier alpha value is -1.68. The largest absolute Gasteiger partial charge is 2.00 e. The molecule has 8 N–H and O–H groups in total. The van der Waals surface area contributed by atoms with Gasteiger partial charge in [0.1, 0.15) is 12.1 Å².